The van der Waals surface area contributed by atoms with Crippen LogP contribution in [0.15, 0.2) is 54.7 Å². The standard InChI is InChI=1S/C25H21ClF3N3O4/c1-30-24(35)21-12-17(6-7-31-21)36-16-4-2-13-10-22(33)18(9-14(13)8-16)23(34)32-15-3-5-20(26)19(11-15)25(27,28)29/h2-8,11-12,18,22,33H,9-10H2,1H3,(H,30,35)(H,32,34)/t18-,22?/m1/s1. The van der Waals surface area contributed by atoms with Gasteiger partial charge >= 0.3 is 6.18 Å². The van der Waals surface area contributed by atoms with Crippen LogP contribution in [0, 0.1) is 5.92 Å². The van der Waals surface area contributed by atoms with Gasteiger partial charge in [-0.05, 0) is 60.4 Å². The van der Waals surface area contributed by atoms with Crippen LogP contribution in [0.1, 0.15) is 27.2 Å². The fourth-order valence-corrected chi connectivity index (χ4v) is 4.21. The van der Waals surface area contributed by atoms with Gasteiger partial charge in [-0.25, -0.2) is 0 Å². The van der Waals surface area contributed by atoms with Gasteiger partial charge in [0.05, 0.1) is 22.6 Å². The lowest BCUT2D eigenvalue weighted by atomic mass is 9.81. The van der Waals surface area contributed by atoms with E-state index < -0.39 is 34.7 Å². The van der Waals surface area contributed by atoms with Crippen molar-refractivity contribution < 1.29 is 32.6 Å². The Morgan fingerprint density at radius 2 is 1.81 bits per heavy atom. The first-order valence-corrected chi connectivity index (χ1v) is 11.3. The third kappa shape index (κ3) is 5.60. The van der Waals surface area contributed by atoms with Crippen molar-refractivity contribution in [3.63, 3.8) is 0 Å². The number of ether oxygens (including phenoxy) is 1. The molecule has 3 aromatic rings. The van der Waals surface area contributed by atoms with Gasteiger partial charge in [-0.3, -0.25) is 14.6 Å². The second-order valence-corrected chi connectivity index (χ2v) is 8.66. The summed E-state index contributed by atoms with van der Waals surface area (Å²) in [6, 6.07) is 11.4. The molecule has 36 heavy (non-hydrogen) atoms. The van der Waals surface area contributed by atoms with E-state index in [4.69, 9.17) is 16.3 Å². The summed E-state index contributed by atoms with van der Waals surface area (Å²) >= 11 is 5.64. The van der Waals surface area contributed by atoms with E-state index in [2.05, 4.69) is 15.6 Å². The molecule has 11 heteroatoms. The highest BCUT2D eigenvalue weighted by molar-refractivity contribution is 6.31. The lowest BCUT2D eigenvalue weighted by molar-refractivity contribution is -0.137. The zero-order chi connectivity index (χ0) is 26.0. The number of nitrogens with one attached hydrogen (secondary N) is 2. The Hall–Kier alpha value is -3.63. The molecule has 1 aliphatic carbocycles. The van der Waals surface area contributed by atoms with Gasteiger partial charge in [0.1, 0.15) is 17.2 Å². The number of anilines is 1. The minimum atomic E-state index is -4.67. The third-order valence-electron chi connectivity index (χ3n) is 5.81. The molecule has 0 saturated carbocycles. The highest BCUT2D eigenvalue weighted by atomic mass is 35.5. The number of nitrogens with zero attached hydrogens (tertiary/aromatic N) is 1. The maximum atomic E-state index is 13.1. The number of fused-ring (bicyclic) bond motifs is 1. The number of pyridine rings is 1. The van der Waals surface area contributed by atoms with E-state index in [9.17, 15) is 27.9 Å². The number of aliphatic hydroxyl groups excluding tert-OH is 1. The summed E-state index contributed by atoms with van der Waals surface area (Å²) in [5.41, 5.74) is 0.630. The van der Waals surface area contributed by atoms with Crippen molar-refractivity contribution >= 4 is 29.1 Å². The van der Waals surface area contributed by atoms with Crippen LogP contribution in [0.5, 0.6) is 11.5 Å². The van der Waals surface area contributed by atoms with Crippen molar-refractivity contribution in [3.05, 3.63) is 82.1 Å². The molecular weight excluding hydrogens is 499 g/mol. The number of hydrogen-bond donors (Lipinski definition) is 3. The largest absolute Gasteiger partial charge is 0.457 e. The molecular formula is C25H21ClF3N3O4. The number of alkyl halides is 3. The SMILES string of the molecule is CNC(=O)c1cc(Oc2ccc3c(c2)C[C@@H](C(=O)Nc2ccc(Cl)c(C(F)(F)F)c2)C(O)C3)ccn1. The Labute approximate surface area is 209 Å². The van der Waals surface area contributed by atoms with Crippen molar-refractivity contribution in [2.24, 2.45) is 5.92 Å². The third-order valence-corrected chi connectivity index (χ3v) is 6.14. The molecule has 0 fully saturated rings. The predicted octanol–water partition coefficient (Wildman–Crippen LogP) is 4.62. The summed E-state index contributed by atoms with van der Waals surface area (Å²) in [6.45, 7) is 0. The van der Waals surface area contributed by atoms with Gasteiger partial charge < -0.3 is 20.5 Å². The molecule has 2 atom stereocenters. The van der Waals surface area contributed by atoms with E-state index >= 15 is 0 Å². The van der Waals surface area contributed by atoms with Gasteiger partial charge in [0.15, 0.2) is 0 Å². The van der Waals surface area contributed by atoms with Crippen LogP contribution in [0.3, 0.4) is 0 Å². The summed E-state index contributed by atoms with van der Waals surface area (Å²) in [4.78, 5) is 28.7. The molecule has 0 spiro atoms. The van der Waals surface area contributed by atoms with Crippen molar-refractivity contribution in [2.75, 3.05) is 12.4 Å². The summed E-state index contributed by atoms with van der Waals surface area (Å²) in [7, 11) is 1.49. The number of aromatic nitrogens is 1. The average molecular weight is 520 g/mol. The van der Waals surface area contributed by atoms with Gasteiger partial charge in [-0.1, -0.05) is 17.7 Å². The fourth-order valence-electron chi connectivity index (χ4n) is 3.98. The molecule has 0 radical (unpaired) electrons. The van der Waals surface area contributed by atoms with Crippen molar-refractivity contribution in [3.8, 4) is 11.5 Å². The Morgan fingerprint density at radius 1 is 1.06 bits per heavy atom. The highest BCUT2D eigenvalue weighted by Crippen LogP contribution is 2.37. The normalized spacial score (nSPS) is 17.2. The number of benzene rings is 2. The van der Waals surface area contributed by atoms with Crippen LogP contribution in [-0.2, 0) is 23.8 Å². The van der Waals surface area contributed by atoms with Gasteiger partial charge in [0.25, 0.3) is 5.91 Å². The van der Waals surface area contributed by atoms with Crippen LogP contribution in [0.25, 0.3) is 0 Å². The maximum absolute atomic E-state index is 13.1. The number of carbonyl (C=O) groups excluding carboxylic acids is 2. The van der Waals surface area contributed by atoms with Crippen LogP contribution in [0.2, 0.25) is 5.02 Å². The Balaban J connectivity index is 1.51. The van der Waals surface area contributed by atoms with Gasteiger partial charge in [-0.15, -0.1) is 0 Å². The van der Waals surface area contributed by atoms with Crippen LogP contribution in [0.4, 0.5) is 18.9 Å². The first-order valence-electron chi connectivity index (χ1n) is 10.9. The molecule has 2 aromatic carbocycles. The molecule has 3 N–H and O–H groups in total. The first-order chi connectivity index (χ1) is 17.0. The van der Waals surface area contributed by atoms with Crippen LogP contribution >= 0.6 is 11.6 Å². The van der Waals surface area contributed by atoms with Crippen LogP contribution < -0.4 is 15.4 Å². The highest BCUT2D eigenvalue weighted by Gasteiger charge is 2.35. The number of carbonyl (C=O) groups is 2. The number of aliphatic hydroxyl groups is 1. The summed E-state index contributed by atoms with van der Waals surface area (Å²) in [5.74, 6) is -1.03. The second-order valence-electron chi connectivity index (χ2n) is 8.25. The van der Waals surface area contributed by atoms with E-state index in [1.54, 1.807) is 24.3 Å². The molecule has 0 saturated heterocycles. The van der Waals surface area contributed by atoms with Gasteiger partial charge in [-0.2, -0.15) is 13.2 Å². The quantitative estimate of drug-likeness (QED) is 0.457. The average Bonchev–Trinajstić information content (AvgIpc) is 2.84. The number of hydrogen-bond acceptors (Lipinski definition) is 5. The van der Waals surface area contributed by atoms with Crippen molar-refractivity contribution in [1.29, 1.82) is 0 Å². The zero-order valence-corrected chi connectivity index (χ0v) is 19.7. The lowest BCUT2D eigenvalue weighted by Gasteiger charge is -2.29. The Morgan fingerprint density at radius 3 is 2.53 bits per heavy atom. The van der Waals surface area contributed by atoms with E-state index in [0.717, 1.165) is 23.3 Å². The molecule has 1 aromatic heterocycles. The molecule has 0 bridgehead atoms. The molecule has 4 rings (SSSR count). The molecule has 1 aliphatic rings. The molecule has 188 valence electrons. The molecule has 1 heterocycles. The molecule has 7 nitrogen and oxygen atoms in total. The zero-order valence-electron chi connectivity index (χ0n) is 18.9. The minimum absolute atomic E-state index is 0.0728. The molecule has 0 aliphatic heterocycles. The summed E-state index contributed by atoms with van der Waals surface area (Å²) < 4.78 is 45.3. The van der Waals surface area contributed by atoms with Crippen molar-refractivity contribution in [2.45, 2.75) is 25.1 Å². The topological polar surface area (TPSA) is 101 Å². The molecule has 1 unspecified atom stereocenters. The van der Waals surface area contributed by atoms with E-state index in [1.807, 2.05) is 0 Å². The van der Waals surface area contributed by atoms with Crippen LogP contribution in [-0.4, -0.2) is 35.1 Å². The number of rotatable bonds is 5. The fraction of sp³-hybridized carbons (Fsp3) is 0.240. The lowest BCUT2D eigenvalue weighted by Crippen LogP contribution is -2.39. The smallest absolute Gasteiger partial charge is 0.417 e. The van der Waals surface area contributed by atoms with E-state index in [-0.39, 0.29) is 30.1 Å². The summed E-state index contributed by atoms with van der Waals surface area (Å²) in [5, 5.41) is 15.0. The van der Waals surface area contributed by atoms with Crippen molar-refractivity contribution in [1.82, 2.24) is 10.3 Å². The Bertz CT molecular complexity index is 1320. The van der Waals surface area contributed by atoms with E-state index in [1.165, 1.54) is 25.4 Å². The number of halogens is 4. The Kier molecular flexibility index (Phi) is 7.18. The molecule has 2 amide bonds. The maximum Gasteiger partial charge on any atom is 0.417 e. The van der Waals surface area contributed by atoms with E-state index in [0.29, 0.717) is 11.5 Å². The van der Waals surface area contributed by atoms with Gasteiger partial charge in [0, 0.05) is 25.0 Å². The second kappa shape index (κ2) is 10.2. The first kappa shape index (κ1) is 25.5. The minimum Gasteiger partial charge on any atom is -0.457 e. The number of amides is 2. The van der Waals surface area contributed by atoms with Gasteiger partial charge in [0.2, 0.25) is 5.91 Å². The monoisotopic (exact) mass is 519 g/mol. The summed E-state index contributed by atoms with van der Waals surface area (Å²) in [6.07, 6.45) is -3.91. The predicted molar refractivity (Wildman–Crippen MR) is 126 cm³/mol.